The molecule has 0 radical (unpaired) electrons. The Morgan fingerprint density at radius 3 is 2.52 bits per heavy atom. The van der Waals surface area contributed by atoms with E-state index in [2.05, 4.69) is 0 Å². The van der Waals surface area contributed by atoms with Crippen LogP contribution in [0.3, 0.4) is 0 Å². The molecule has 5 nitrogen and oxygen atoms in total. The second-order valence-electron chi connectivity index (χ2n) is 5.67. The second-order valence-corrected chi connectivity index (χ2v) is 6.10. The van der Waals surface area contributed by atoms with Crippen LogP contribution in [0.15, 0.2) is 24.3 Å². The largest absolute Gasteiger partial charge is 0.465 e. The molecule has 1 aliphatic heterocycles. The molecule has 1 heterocycles. The van der Waals surface area contributed by atoms with Gasteiger partial charge < -0.3 is 15.1 Å². The lowest BCUT2D eigenvalue weighted by Crippen LogP contribution is -2.61. The summed E-state index contributed by atoms with van der Waals surface area (Å²) in [6.07, 6.45) is -0.860. The Kier molecular flexibility index (Phi) is 5.08. The predicted molar refractivity (Wildman–Crippen MR) is 81.8 cm³/mol. The topological polar surface area (TPSA) is 64.0 Å². The van der Waals surface area contributed by atoms with Crippen LogP contribution in [0.25, 0.3) is 0 Å². The van der Waals surface area contributed by atoms with E-state index in [4.69, 9.17) is 11.6 Å². The Bertz CT molecular complexity index is 492. The molecule has 0 saturated carbocycles. The van der Waals surface area contributed by atoms with E-state index in [-0.39, 0.29) is 12.1 Å². The molecule has 2 N–H and O–H groups in total. The highest BCUT2D eigenvalue weighted by atomic mass is 35.5. The monoisotopic (exact) mass is 312 g/mol. The lowest BCUT2D eigenvalue weighted by atomic mass is 9.98. The smallest absolute Gasteiger partial charge is 0.407 e. The first-order valence-electron chi connectivity index (χ1n) is 7.00. The van der Waals surface area contributed by atoms with Gasteiger partial charge in [0.15, 0.2) is 0 Å². The molecule has 21 heavy (non-hydrogen) atoms. The van der Waals surface area contributed by atoms with Crippen molar-refractivity contribution in [1.82, 2.24) is 9.80 Å². The van der Waals surface area contributed by atoms with Crippen molar-refractivity contribution < 1.29 is 15.0 Å². The van der Waals surface area contributed by atoms with Gasteiger partial charge in [-0.2, -0.15) is 0 Å². The lowest BCUT2D eigenvalue weighted by Gasteiger charge is -2.44. The summed E-state index contributed by atoms with van der Waals surface area (Å²) in [5, 5.41) is 19.9. The molecule has 1 amide bonds. The van der Waals surface area contributed by atoms with Crippen molar-refractivity contribution in [2.75, 3.05) is 20.1 Å². The number of benzene rings is 1. The maximum Gasteiger partial charge on any atom is 0.407 e. The summed E-state index contributed by atoms with van der Waals surface area (Å²) in [4.78, 5) is 15.0. The minimum atomic E-state index is -0.937. The summed E-state index contributed by atoms with van der Waals surface area (Å²) in [6.45, 7) is 2.62. The molecule has 0 aromatic heterocycles. The highest BCUT2D eigenvalue weighted by Crippen LogP contribution is 2.20. The maximum atomic E-state index is 11.5. The first-order valence-corrected chi connectivity index (χ1v) is 7.38. The van der Waals surface area contributed by atoms with Crippen LogP contribution >= 0.6 is 11.6 Å². The van der Waals surface area contributed by atoms with Gasteiger partial charge in [-0.3, -0.25) is 4.90 Å². The van der Waals surface area contributed by atoms with Crippen LogP contribution in [-0.2, 0) is 6.42 Å². The van der Waals surface area contributed by atoms with E-state index < -0.39 is 12.2 Å². The number of halogens is 1. The van der Waals surface area contributed by atoms with E-state index in [0.29, 0.717) is 24.5 Å². The summed E-state index contributed by atoms with van der Waals surface area (Å²) in [5.74, 6) is 0. The van der Waals surface area contributed by atoms with Crippen molar-refractivity contribution in [3.05, 3.63) is 34.9 Å². The van der Waals surface area contributed by atoms with Crippen molar-refractivity contribution in [2.45, 2.75) is 31.5 Å². The van der Waals surface area contributed by atoms with E-state index in [1.165, 1.54) is 4.90 Å². The zero-order valence-corrected chi connectivity index (χ0v) is 13.0. The van der Waals surface area contributed by atoms with Crippen molar-refractivity contribution in [2.24, 2.45) is 0 Å². The van der Waals surface area contributed by atoms with Gasteiger partial charge in [0, 0.05) is 18.1 Å². The van der Waals surface area contributed by atoms with Gasteiger partial charge in [-0.05, 0) is 38.1 Å². The number of likely N-dealkylation sites (N-methyl/N-ethyl adjacent to an activating group) is 1. The average molecular weight is 313 g/mol. The molecule has 1 aromatic rings. The molecule has 1 aliphatic rings. The average Bonchev–Trinajstić information content (AvgIpc) is 2.40. The second kappa shape index (κ2) is 6.64. The van der Waals surface area contributed by atoms with Crippen LogP contribution in [-0.4, -0.2) is 64.4 Å². The number of rotatable bonds is 3. The van der Waals surface area contributed by atoms with Crippen LogP contribution in [0.2, 0.25) is 5.02 Å². The number of carboxylic acid groups (broad SMARTS) is 1. The molecule has 6 heteroatoms. The number of piperazine rings is 1. The SMILES string of the molecule is CC(O)[C@H]1CN(C(=O)O)[C@@H](Cc2ccc(Cl)cc2)CN1C. The van der Waals surface area contributed by atoms with Crippen molar-refractivity contribution >= 4 is 17.7 Å². The first-order chi connectivity index (χ1) is 9.88. The summed E-state index contributed by atoms with van der Waals surface area (Å²) >= 11 is 5.87. The number of aliphatic hydroxyl groups is 1. The van der Waals surface area contributed by atoms with Gasteiger partial charge in [0.25, 0.3) is 0 Å². The summed E-state index contributed by atoms with van der Waals surface area (Å²) in [5.41, 5.74) is 1.06. The summed E-state index contributed by atoms with van der Waals surface area (Å²) in [6, 6.07) is 7.18. The fourth-order valence-electron chi connectivity index (χ4n) is 2.88. The van der Waals surface area contributed by atoms with Crippen LogP contribution in [0.1, 0.15) is 12.5 Å². The van der Waals surface area contributed by atoms with E-state index in [1.807, 2.05) is 36.2 Å². The minimum absolute atomic E-state index is 0.122. The van der Waals surface area contributed by atoms with E-state index in [0.717, 1.165) is 5.56 Å². The Balaban J connectivity index is 2.13. The van der Waals surface area contributed by atoms with Crippen LogP contribution < -0.4 is 0 Å². The molecule has 116 valence electrons. The Hall–Kier alpha value is -1.30. The quantitative estimate of drug-likeness (QED) is 0.895. The molecule has 0 aliphatic carbocycles. The maximum absolute atomic E-state index is 11.5. The fraction of sp³-hybridized carbons (Fsp3) is 0.533. The number of amides is 1. The molecule has 1 unspecified atom stereocenters. The third-order valence-corrected chi connectivity index (χ3v) is 4.33. The third-order valence-electron chi connectivity index (χ3n) is 4.08. The molecular weight excluding hydrogens is 292 g/mol. The molecule has 1 aromatic carbocycles. The standard InChI is InChI=1S/C15H21ClN2O3/c1-10(19)14-9-18(15(20)21)13(8-17(14)2)7-11-3-5-12(16)6-4-11/h3-6,10,13-14,19H,7-9H2,1-2H3,(H,20,21)/t10?,13-,14+/m0/s1. The normalized spacial score (nSPS) is 24.9. The zero-order valence-electron chi connectivity index (χ0n) is 12.2. The van der Waals surface area contributed by atoms with Gasteiger partial charge in [0.05, 0.1) is 18.2 Å². The number of hydrogen-bond donors (Lipinski definition) is 2. The third kappa shape index (κ3) is 3.87. The molecule has 1 saturated heterocycles. The first kappa shape index (κ1) is 16.1. The molecule has 0 spiro atoms. The number of nitrogens with zero attached hydrogens (tertiary/aromatic N) is 2. The molecular formula is C15H21ClN2O3. The van der Waals surface area contributed by atoms with Crippen molar-refractivity contribution in [3.63, 3.8) is 0 Å². The molecule has 0 bridgehead atoms. The molecule has 2 rings (SSSR count). The van der Waals surface area contributed by atoms with E-state index in [9.17, 15) is 15.0 Å². The van der Waals surface area contributed by atoms with Gasteiger partial charge in [-0.1, -0.05) is 23.7 Å². The molecule has 1 fully saturated rings. The van der Waals surface area contributed by atoms with E-state index >= 15 is 0 Å². The van der Waals surface area contributed by atoms with Gasteiger partial charge >= 0.3 is 6.09 Å². The van der Waals surface area contributed by atoms with Gasteiger partial charge in [-0.15, -0.1) is 0 Å². The Morgan fingerprint density at radius 1 is 1.38 bits per heavy atom. The summed E-state index contributed by atoms with van der Waals surface area (Å²) in [7, 11) is 1.92. The van der Waals surface area contributed by atoms with Crippen LogP contribution in [0, 0.1) is 0 Å². The van der Waals surface area contributed by atoms with Crippen molar-refractivity contribution in [1.29, 1.82) is 0 Å². The van der Waals surface area contributed by atoms with Gasteiger partial charge in [0.2, 0.25) is 0 Å². The molecule has 3 atom stereocenters. The zero-order chi connectivity index (χ0) is 15.6. The van der Waals surface area contributed by atoms with Crippen molar-refractivity contribution in [3.8, 4) is 0 Å². The van der Waals surface area contributed by atoms with E-state index in [1.54, 1.807) is 6.92 Å². The highest BCUT2D eigenvalue weighted by Gasteiger charge is 2.36. The minimum Gasteiger partial charge on any atom is -0.465 e. The summed E-state index contributed by atoms with van der Waals surface area (Å²) < 4.78 is 0. The Labute approximate surface area is 129 Å². The number of carbonyl (C=O) groups is 1. The highest BCUT2D eigenvalue weighted by molar-refractivity contribution is 6.30. The Morgan fingerprint density at radius 2 is 2.00 bits per heavy atom. The van der Waals surface area contributed by atoms with Gasteiger partial charge in [-0.25, -0.2) is 4.79 Å². The van der Waals surface area contributed by atoms with Crippen LogP contribution in [0.5, 0.6) is 0 Å². The number of hydrogen-bond acceptors (Lipinski definition) is 3. The van der Waals surface area contributed by atoms with Crippen LogP contribution in [0.4, 0.5) is 4.79 Å². The number of aliphatic hydroxyl groups excluding tert-OH is 1. The predicted octanol–water partition coefficient (Wildman–Crippen LogP) is 1.93. The van der Waals surface area contributed by atoms with Gasteiger partial charge in [0.1, 0.15) is 0 Å². The fourth-order valence-corrected chi connectivity index (χ4v) is 3.00. The lowest BCUT2D eigenvalue weighted by molar-refractivity contribution is -0.00582.